The predicted molar refractivity (Wildman–Crippen MR) is 161 cm³/mol. The number of amides is 5. The summed E-state index contributed by atoms with van der Waals surface area (Å²) < 4.78 is 10.1. The Morgan fingerprint density at radius 2 is 1.58 bits per heavy atom. The van der Waals surface area contributed by atoms with Gasteiger partial charge in [-0.3, -0.25) is 19.2 Å². The van der Waals surface area contributed by atoms with Crippen LogP contribution in [0.25, 0.3) is 0 Å². The number of carbonyl (C=O) groups is 6. The maximum atomic E-state index is 13.3. The summed E-state index contributed by atoms with van der Waals surface area (Å²) in [7, 11) is 1.48. The molecule has 45 heavy (non-hydrogen) atoms. The van der Waals surface area contributed by atoms with Crippen LogP contribution in [0.4, 0.5) is 4.79 Å². The lowest BCUT2D eigenvalue weighted by Gasteiger charge is -2.27. The van der Waals surface area contributed by atoms with Crippen LogP contribution < -0.4 is 30.7 Å². The summed E-state index contributed by atoms with van der Waals surface area (Å²) in [4.78, 5) is 77.1. The van der Waals surface area contributed by atoms with Crippen molar-refractivity contribution < 1.29 is 43.3 Å². The Morgan fingerprint density at radius 1 is 0.911 bits per heavy atom. The highest BCUT2D eigenvalue weighted by atomic mass is 16.6. The van der Waals surface area contributed by atoms with E-state index in [1.54, 1.807) is 42.5 Å². The monoisotopic (exact) mass is 625 g/mol. The SMILES string of the molecule is COc1ccc(OC(=O)N[C@@H](CNC(=O)[C@H](CC(C)C)NC(=O)[C@@H]2CCCN2C(=O)CNC(=O)c2ccccc2)C(=O)O)cc1. The van der Waals surface area contributed by atoms with Gasteiger partial charge < -0.3 is 40.7 Å². The van der Waals surface area contributed by atoms with Gasteiger partial charge in [-0.2, -0.15) is 0 Å². The minimum Gasteiger partial charge on any atom is -0.497 e. The highest BCUT2D eigenvalue weighted by molar-refractivity contribution is 5.97. The van der Waals surface area contributed by atoms with Crippen LogP contribution >= 0.6 is 0 Å². The third-order valence-electron chi connectivity index (χ3n) is 6.99. The van der Waals surface area contributed by atoms with Crippen molar-refractivity contribution in [2.24, 2.45) is 5.92 Å². The van der Waals surface area contributed by atoms with Gasteiger partial charge in [0.15, 0.2) is 0 Å². The standard InChI is InChI=1S/C31H39N5O9/c1-19(2)16-23(28(39)32-17-24(30(41)42)35-31(43)45-22-13-11-21(44-3)12-14-22)34-29(40)25-10-7-15-36(25)26(37)18-33-27(38)20-8-5-4-6-9-20/h4-6,8-9,11-14,19,23-25H,7,10,15-18H2,1-3H3,(H,32,39)(H,33,38)(H,34,40)(H,35,43)(H,41,42)/t23-,24-,25-/m0/s1. The maximum Gasteiger partial charge on any atom is 0.413 e. The van der Waals surface area contributed by atoms with Gasteiger partial charge in [0.05, 0.1) is 13.7 Å². The van der Waals surface area contributed by atoms with Gasteiger partial charge >= 0.3 is 12.1 Å². The molecule has 1 heterocycles. The van der Waals surface area contributed by atoms with Gasteiger partial charge in [0.1, 0.15) is 29.6 Å². The molecule has 0 aromatic heterocycles. The van der Waals surface area contributed by atoms with Crippen molar-refractivity contribution >= 4 is 35.7 Å². The highest BCUT2D eigenvalue weighted by Crippen LogP contribution is 2.19. The Bertz CT molecular complexity index is 1350. The van der Waals surface area contributed by atoms with E-state index in [1.807, 2.05) is 13.8 Å². The predicted octanol–water partition coefficient (Wildman–Crippen LogP) is 1.30. The van der Waals surface area contributed by atoms with Gasteiger partial charge in [-0.1, -0.05) is 32.0 Å². The first-order valence-corrected chi connectivity index (χ1v) is 14.5. The summed E-state index contributed by atoms with van der Waals surface area (Å²) >= 11 is 0. The van der Waals surface area contributed by atoms with Crippen LogP contribution in [0.5, 0.6) is 11.5 Å². The Labute approximate surface area is 260 Å². The number of aliphatic carboxylic acids is 1. The van der Waals surface area contributed by atoms with Crippen LogP contribution in [0.1, 0.15) is 43.5 Å². The fourth-order valence-electron chi connectivity index (χ4n) is 4.71. The largest absolute Gasteiger partial charge is 0.497 e. The number of ether oxygens (including phenoxy) is 2. The molecule has 1 fully saturated rings. The van der Waals surface area contributed by atoms with E-state index in [0.717, 1.165) is 0 Å². The first kappa shape index (κ1) is 34.4. The van der Waals surface area contributed by atoms with Crippen LogP contribution in [0, 0.1) is 5.92 Å². The van der Waals surface area contributed by atoms with E-state index in [9.17, 15) is 33.9 Å². The number of benzene rings is 2. The topological polar surface area (TPSA) is 192 Å². The number of methoxy groups -OCH3 is 1. The van der Waals surface area contributed by atoms with E-state index in [-0.39, 0.29) is 24.6 Å². The Morgan fingerprint density at radius 3 is 2.20 bits per heavy atom. The third-order valence-corrected chi connectivity index (χ3v) is 6.99. The highest BCUT2D eigenvalue weighted by Gasteiger charge is 2.36. The quantitative estimate of drug-likeness (QED) is 0.206. The zero-order valence-electron chi connectivity index (χ0n) is 25.4. The van der Waals surface area contributed by atoms with Gasteiger partial charge in [-0.05, 0) is 61.6 Å². The number of nitrogens with zero attached hydrogens (tertiary/aromatic N) is 1. The minimum absolute atomic E-state index is 0.0246. The van der Waals surface area contributed by atoms with Crippen molar-refractivity contribution in [1.82, 2.24) is 26.2 Å². The zero-order valence-corrected chi connectivity index (χ0v) is 25.4. The van der Waals surface area contributed by atoms with Gasteiger partial charge in [-0.25, -0.2) is 9.59 Å². The van der Waals surface area contributed by atoms with E-state index < -0.39 is 60.4 Å². The lowest BCUT2D eigenvalue weighted by Crippen LogP contribution is -2.56. The molecule has 14 heteroatoms. The Kier molecular flexibility index (Phi) is 12.7. The molecule has 1 aliphatic heterocycles. The summed E-state index contributed by atoms with van der Waals surface area (Å²) in [6, 6.07) is 11.1. The van der Waals surface area contributed by atoms with Crippen LogP contribution in [0.15, 0.2) is 54.6 Å². The zero-order chi connectivity index (χ0) is 32.9. The van der Waals surface area contributed by atoms with Crippen LogP contribution in [0.2, 0.25) is 0 Å². The summed E-state index contributed by atoms with van der Waals surface area (Å²) in [6.07, 6.45) is 0.132. The molecule has 0 saturated carbocycles. The van der Waals surface area contributed by atoms with Crippen LogP contribution in [-0.2, 0) is 19.2 Å². The van der Waals surface area contributed by atoms with Gasteiger partial charge in [0, 0.05) is 18.7 Å². The lowest BCUT2D eigenvalue weighted by atomic mass is 10.0. The van der Waals surface area contributed by atoms with E-state index in [1.165, 1.54) is 24.1 Å². The van der Waals surface area contributed by atoms with Crippen molar-refractivity contribution in [1.29, 1.82) is 0 Å². The van der Waals surface area contributed by atoms with Crippen molar-refractivity contribution in [2.75, 3.05) is 26.7 Å². The number of nitrogens with one attached hydrogen (secondary N) is 4. The number of carboxylic acid groups (broad SMARTS) is 1. The van der Waals surface area contributed by atoms with E-state index >= 15 is 0 Å². The van der Waals surface area contributed by atoms with Crippen molar-refractivity contribution in [3.63, 3.8) is 0 Å². The summed E-state index contributed by atoms with van der Waals surface area (Å²) in [5.41, 5.74) is 0.401. The summed E-state index contributed by atoms with van der Waals surface area (Å²) in [5.74, 6) is -2.78. The molecular weight excluding hydrogens is 586 g/mol. The molecule has 5 N–H and O–H groups in total. The minimum atomic E-state index is -1.52. The number of hydrogen-bond acceptors (Lipinski definition) is 8. The average Bonchev–Trinajstić information content (AvgIpc) is 3.52. The molecule has 3 atom stereocenters. The normalized spacial score (nSPS) is 15.4. The molecular formula is C31H39N5O9. The van der Waals surface area contributed by atoms with Crippen molar-refractivity contribution in [3.05, 3.63) is 60.2 Å². The molecule has 3 rings (SSSR count). The Balaban J connectivity index is 1.56. The van der Waals surface area contributed by atoms with E-state index in [2.05, 4.69) is 21.3 Å². The first-order valence-electron chi connectivity index (χ1n) is 14.5. The smallest absolute Gasteiger partial charge is 0.413 e. The number of carboxylic acids is 1. The van der Waals surface area contributed by atoms with Gasteiger partial charge in [0.25, 0.3) is 5.91 Å². The second-order valence-electron chi connectivity index (χ2n) is 10.8. The number of hydrogen-bond donors (Lipinski definition) is 5. The average molecular weight is 626 g/mol. The second kappa shape index (κ2) is 16.6. The summed E-state index contributed by atoms with van der Waals surface area (Å²) in [6.45, 7) is 3.25. The summed E-state index contributed by atoms with van der Waals surface area (Å²) in [5, 5.41) is 19.5. The molecule has 5 amide bonds. The molecule has 1 aliphatic rings. The maximum absolute atomic E-state index is 13.3. The molecule has 0 bridgehead atoms. The second-order valence-corrected chi connectivity index (χ2v) is 10.8. The molecule has 0 spiro atoms. The number of likely N-dealkylation sites (tertiary alicyclic amines) is 1. The molecule has 14 nitrogen and oxygen atoms in total. The number of carbonyl (C=O) groups excluding carboxylic acids is 5. The van der Waals surface area contributed by atoms with Crippen LogP contribution in [-0.4, -0.2) is 90.6 Å². The van der Waals surface area contributed by atoms with E-state index in [4.69, 9.17) is 9.47 Å². The third kappa shape index (κ3) is 10.5. The first-order chi connectivity index (χ1) is 21.5. The fourth-order valence-corrected chi connectivity index (χ4v) is 4.71. The molecule has 2 aromatic rings. The van der Waals surface area contributed by atoms with Crippen molar-refractivity contribution in [2.45, 2.75) is 51.2 Å². The lowest BCUT2D eigenvalue weighted by molar-refractivity contribution is -0.139. The molecule has 0 aliphatic carbocycles. The number of rotatable bonds is 14. The van der Waals surface area contributed by atoms with Crippen LogP contribution in [0.3, 0.4) is 0 Å². The molecule has 0 unspecified atom stereocenters. The fraction of sp³-hybridized carbons (Fsp3) is 0.419. The van der Waals surface area contributed by atoms with Crippen molar-refractivity contribution in [3.8, 4) is 11.5 Å². The van der Waals surface area contributed by atoms with E-state index in [0.29, 0.717) is 30.7 Å². The Hall–Kier alpha value is -5.14. The molecule has 1 saturated heterocycles. The molecule has 2 aromatic carbocycles. The molecule has 0 radical (unpaired) electrons. The molecule has 242 valence electrons. The van der Waals surface area contributed by atoms with Gasteiger partial charge in [-0.15, -0.1) is 0 Å². The van der Waals surface area contributed by atoms with Gasteiger partial charge in [0.2, 0.25) is 17.7 Å².